The lowest BCUT2D eigenvalue weighted by molar-refractivity contribution is -0.140. The number of carbonyl (C=O) groups excluding carboxylic acids is 2. The monoisotopic (exact) mass is 631 g/mol. The number of halogens is 1. The Morgan fingerprint density at radius 2 is 1.51 bits per heavy atom. The van der Waals surface area contributed by atoms with Crippen LogP contribution in [0.3, 0.4) is 0 Å². The molecule has 45 heavy (non-hydrogen) atoms. The van der Waals surface area contributed by atoms with Crippen molar-refractivity contribution in [1.82, 2.24) is 10.2 Å². The second-order valence-corrected chi connectivity index (χ2v) is 12.9. The molecule has 8 nitrogen and oxygen atoms in total. The summed E-state index contributed by atoms with van der Waals surface area (Å²) >= 11 is 0. The van der Waals surface area contributed by atoms with Crippen LogP contribution >= 0.6 is 0 Å². The van der Waals surface area contributed by atoms with Gasteiger partial charge in [0.1, 0.15) is 24.2 Å². The molecule has 0 fully saturated rings. The first-order chi connectivity index (χ1) is 21.5. The zero-order valence-electron chi connectivity index (χ0n) is 25.8. The van der Waals surface area contributed by atoms with Crippen molar-refractivity contribution in [1.29, 1.82) is 0 Å². The van der Waals surface area contributed by atoms with Gasteiger partial charge in [-0.2, -0.15) is 0 Å². The van der Waals surface area contributed by atoms with E-state index in [-0.39, 0.29) is 29.6 Å². The molecule has 4 aromatic carbocycles. The van der Waals surface area contributed by atoms with Crippen molar-refractivity contribution in [3.8, 4) is 5.75 Å². The summed E-state index contributed by atoms with van der Waals surface area (Å²) in [4.78, 5) is 29.5. The number of hydrogen-bond acceptors (Lipinski definition) is 5. The molecule has 4 aromatic rings. The number of methoxy groups -OCH3 is 1. The maximum atomic E-state index is 15.2. The zero-order chi connectivity index (χ0) is 32.6. The fraction of sp³-hybridized carbons (Fsp3) is 0.257. The Kier molecular flexibility index (Phi) is 11.0. The number of hydrogen-bond donors (Lipinski definition) is 1. The van der Waals surface area contributed by atoms with Crippen LogP contribution in [0.2, 0.25) is 0 Å². The molecule has 10 heteroatoms. The quantitative estimate of drug-likeness (QED) is 0.210. The minimum atomic E-state index is -4.40. The van der Waals surface area contributed by atoms with Crippen LogP contribution in [0.25, 0.3) is 0 Å². The maximum absolute atomic E-state index is 15.2. The van der Waals surface area contributed by atoms with E-state index in [1.54, 1.807) is 36.4 Å². The molecule has 4 rings (SSSR count). The predicted molar refractivity (Wildman–Crippen MR) is 173 cm³/mol. The van der Waals surface area contributed by atoms with Gasteiger partial charge < -0.3 is 15.0 Å². The van der Waals surface area contributed by atoms with Gasteiger partial charge in [0.25, 0.3) is 10.0 Å². The highest BCUT2D eigenvalue weighted by Gasteiger charge is 2.35. The van der Waals surface area contributed by atoms with E-state index in [0.29, 0.717) is 11.3 Å². The second kappa shape index (κ2) is 14.9. The molecule has 0 saturated heterocycles. The molecular formula is C35H38FN3O5S. The second-order valence-electron chi connectivity index (χ2n) is 11.0. The number of ether oxygens (including phenoxy) is 1. The SMILES string of the molecule is COc1cccc(CN(C(=O)CN(c2ccccc2F)S(=O)(=O)c2ccc(C)cc2)C(Cc2ccccc2)C(=O)NC(C)C)c1. The van der Waals surface area contributed by atoms with Crippen molar-refractivity contribution in [3.63, 3.8) is 0 Å². The van der Waals surface area contributed by atoms with Gasteiger partial charge >= 0.3 is 0 Å². The molecule has 0 aromatic heterocycles. The number of nitrogens with zero attached hydrogens (tertiary/aromatic N) is 2. The normalized spacial score (nSPS) is 12.0. The van der Waals surface area contributed by atoms with E-state index >= 15 is 4.39 Å². The van der Waals surface area contributed by atoms with Crippen molar-refractivity contribution in [3.05, 3.63) is 126 Å². The minimum Gasteiger partial charge on any atom is -0.497 e. The predicted octanol–water partition coefficient (Wildman–Crippen LogP) is 5.50. The van der Waals surface area contributed by atoms with Gasteiger partial charge in [0.2, 0.25) is 11.8 Å². The van der Waals surface area contributed by atoms with Gasteiger partial charge in [-0.05, 0) is 68.3 Å². The van der Waals surface area contributed by atoms with Crippen molar-refractivity contribution in [2.45, 2.75) is 50.7 Å². The number of sulfonamides is 1. The van der Waals surface area contributed by atoms with Crippen LogP contribution in [-0.4, -0.2) is 50.9 Å². The summed E-state index contributed by atoms with van der Waals surface area (Å²) in [6.45, 7) is 4.68. The van der Waals surface area contributed by atoms with Gasteiger partial charge in [-0.1, -0.05) is 72.3 Å². The van der Waals surface area contributed by atoms with E-state index in [9.17, 15) is 18.0 Å². The molecule has 0 spiro atoms. The van der Waals surface area contributed by atoms with E-state index in [4.69, 9.17) is 4.74 Å². The molecule has 2 amide bonds. The van der Waals surface area contributed by atoms with Crippen LogP contribution < -0.4 is 14.4 Å². The van der Waals surface area contributed by atoms with Crippen LogP contribution in [0, 0.1) is 12.7 Å². The summed E-state index contributed by atoms with van der Waals surface area (Å²) in [5, 5.41) is 2.91. The topological polar surface area (TPSA) is 96.0 Å². The standard InChI is InChI=1S/C35H38FN3O5S/c1-25(2)37-35(41)33(22-27-11-6-5-7-12-27)38(23-28-13-10-14-29(21-28)44-4)34(40)24-39(32-16-9-8-15-31(32)36)45(42,43)30-19-17-26(3)18-20-30/h5-21,25,33H,22-24H2,1-4H3,(H,37,41). The Hall–Kier alpha value is -4.70. The van der Waals surface area contributed by atoms with Gasteiger partial charge in [-0.3, -0.25) is 13.9 Å². The average molecular weight is 632 g/mol. The maximum Gasteiger partial charge on any atom is 0.264 e. The Balaban J connectivity index is 1.82. The molecule has 236 valence electrons. The van der Waals surface area contributed by atoms with E-state index in [1.165, 1.54) is 42.3 Å². The summed E-state index contributed by atoms with van der Waals surface area (Å²) in [6, 6.07) is 26.6. The van der Waals surface area contributed by atoms with E-state index in [0.717, 1.165) is 21.5 Å². The first kappa shape index (κ1) is 33.2. The highest BCUT2D eigenvalue weighted by Crippen LogP contribution is 2.28. The fourth-order valence-corrected chi connectivity index (χ4v) is 6.33. The number of nitrogens with one attached hydrogen (secondary N) is 1. The molecule has 0 radical (unpaired) electrons. The Morgan fingerprint density at radius 1 is 0.867 bits per heavy atom. The van der Waals surface area contributed by atoms with Crippen LogP contribution in [0.1, 0.15) is 30.5 Å². The molecule has 1 atom stereocenters. The molecular weight excluding hydrogens is 593 g/mol. The van der Waals surface area contributed by atoms with E-state index < -0.39 is 40.2 Å². The molecule has 0 aliphatic rings. The highest BCUT2D eigenvalue weighted by molar-refractivity contribution is 7.92. The van der Waals surface area contributed by atoms with Gasteiger partial charge in [-0.15, -0.1) is 0 Å². The average Bonchev–Trinajstić information content (AvgIpc) is 3.02. The molecule has 1 N–H and O–H groups in total. The number of amides is 2. The number of benzene rings is 4. The Labute approximate surface area is 264 Å². The van der Waals surface area contributed by atoms with Crippen LogP contribution in [0.4, 0.5) is 10.1 Å². The summed E-state index contributed by atoms with van der Waals surface area (Å²) in [5.41, 5.74) is 2.03. The fourth-order valence-electron chi connectivity index (χ4n) is 4.91. The number of para-hydroxylation sites is 1. The lowest BCUT2D eigenvalue weighted by Crippen LogP contribution is -2.54. The summed E-state index contributed by atoms with van der Waals surface area (Å²) < 4.78 is 49.4. The largest absolute Gasteiger partial charge is 0.497 e. The molecule has 0 saturated carbocycles. The summed E-state index contributed by atoms with van der Waals surface area (Å²) in [6.07, 6.45) is 0.166. The number of carbonyl (C=O) groups is 2. The summed E-state index contributed by atoms with van der Waals surface area (Å²) in [7, 11) is -2.88. The lowest BCUT2D eigenvalue weighted by atomic mass is 10.0. The van der Waals surface area contributed by atoms with Crippen molar-refractivity contribution >= 4 is 27.5 Å². The molecule has 1 unspecified atom stereocenters. The van der Waals surface area contributed by atoms with E-state index in [1.807, 2.05) is 51.1 Å². The van der Waals surface area contributed by atoms with Crippen LogP contribution in [0.5, 0.6) is 5.75 Å². The third kappa shape index (κ3) is 8.48. The zero-order valence-corrected chi connectivity index (χ0v) is 26.6. The summed E-state index contributed by atoms with van der Waals surface area (Å²) in [5.74, 6) is -1.33. The first-order valence-corrected chi connectivity index (χ1v) is 16.0. The van der Waals surface area contributed by atoms with Crippen LogP contribution in [0.15, 0.2) is 108 Å². The van der Waals surface area contributed by atoms with Gasteiger partial charge in [0.15, 0.2) is 0 Å². The molecule has 0 heterocycles. The Bertz CT molecular complexity index is 1710. The third-order valence-electron chi connectivity index (χ3n) is 7.20. The van der Waals surface area contributed by atoms with Crippen molar-refractivity contribution in [2.75, 3.05) is 18.0 Å². The lowest BCUT2D eigenvalue weighted by Gasteiger charge is -2.34. The molecule has 0 aliphatic carbocycles. The highest BCUT2D eigenvalue weighted by atomic mass is 32.2. The van der Waals surface area contributed by atoms with Gasteiger partial charge in [-0.25, -0.2) is 12.8 Å². The number of aryl methyl sites for hydroxylation is 1. The van der Waals surface area contributed by atoms with Crippen molar-refractivity contribution in [2.24, 2.45) is 0 Å². The minimum absolute atomic E-state index is 0.0330. The number of anilines is 1. The van der Waals surface area contributed by atoms with Crippen molar-refractivity contribution < 1.29 is 27.1 Å². The number of rotatable bonds is 13. The van der Waals surface area contributed by atoms with Gasteiger partial charge in [0.05, 0.1) is 17.7 Å². The smallest absolute Gasteiger partial charge is 0.264 e. The van der Waals surface area contributed by atoms with E-state index in [2.05, 4.69) is 5.32 Å². The first-order valence-electron chi connectivity index (χ1n) is 14.6. The molecule has 0 bridgehead atoms. The Morgan fingerprint density at radius 3 is 2.16 bits per heavy atom. The third-order valence-corrected chi connectivity index (χ3v) is 8.97. The van der Waals surface area contributed by atoms with Crippen LogP contribution in [-0.2, 0) is 32.6 Å². The van der Waals surface area contributed by atoms with Gasteiger partial charge in [0, 0.05) is 19.0 Å². The molecule has 0 aliphatic heterocycles.